The van der Waals surface area contributed by atoms with Gasteiger partial charge in [-0.2, -0.15) is 0 Å². The first-order valence-electron chi connectivity index (χ1n) is 8.07. The number of aliphatic hydroxyl groups excluding tert-OH is 1. The van der Waals surface area contributed by atoms with Gasteiger partial charge in [-0.15, -0.1) is 0 Å². The molecule has 9 unspecified atom stereocenters. The van der Waals surface area contributed by atoms with Crippen LogP contribution in [0.5, 0.6) is 0 Å². The summed E-state index contributed by atoms with van der Waals surface area (Å²) in [5.41, 5.74) is -5.11. The van der Waals surface area contributed by atoms with E-state index in [9.17, 15) is 24.9 Å². The molecule has 3 N–H and O–H groups in total. The number of ketones is 1. The Bertz CT molecular complexity index is 668. The molecule has 126 valence electrons. The van der Waals surface area contributed by atoms with Crippen LogP contribution in [-0.2, 0) is 19.1 Å². The van der Waals surface area contributed by atoms with Crippen LogP contribution in [0.25, 0.3) is 0 Å². The van der Waals surface area contributed by atoms with Gasteiger partial charge in [0.2, 0.25) is 5.60 Å². The van der Waals surface area contributed by atoms with Gasteiger partial charge in [0.05, 0.1) is 34.6 Å². The summed E-state index contributed by atoms with van der Waals surface area (Å²) in [7, 11) is 0. The molecule has 2 saturated heterocycles. The highest BCUT2D eigenvalue weighted by molar-refractivity contribution is 5.96. The summed E-state index contributed by atoms with van der Waals surface area (Å²) < 4.78 is 11.0. The summed E-state index contributed by atoms with van der Waals surface area (Å²) in [5, 5.41) is 32.5. The maximum absolute atomic E-state index is 12.7. The average molecular weight is 324 g/mol. The highest BCUT2D eigenvalue weighted by Crippen LogP contribution is 2.77. The van der Waals surface area contributed by atoms with Crippen LogP contribution >= 0.6 is 0 Å². The second-order valence-electron chi connectivity index (χ2n) is 8.58. The second kappa shape index (κ2) is 3.35. The molecule has 7 nitrogen and oxygen atoms in total. The minimum absolute atomic E-state index is 0.188. The smallest absolute Gasteiger partial charge is 0.342 e. The zero-order valence-electron chi connectivity index (χ0n) is 13.1. The van der Waals surface area contributed by atoms with Crippen LogP contribution in [0.4, 0.5) is 0 Å². The van der Waals surface area contributed by atoms with Gasteiger partial charge in [0.1, 0.15) is 18.0 Å². The van der Waals surface area contributed by atoms with Crippen molar-refractivity contribution in [2.45, 2.75) is 62.3 Å². The van der Waals surface area contributed by atoms with Crippen LogP contribution in [0.2, 0.25) is 0 Å². The molecule has 0 aromatic heterocycles. The molecule has 5 aliphatic rings. The normalized spacial score (nSPS) is 62.2. The number of fused-ring (bicyclic) bond motifs is 2. The Hall–Kier alpha value is -1.02. The third-order valence-corrected chi connectivity index (χ3v) is 7.36. The molecule has 5 rings (SSSR count). The Morgan fingerprint density at radius 1 is 1.30 bits per heavy atom. The number of carbonyl (C=O) groups is 2. The summed E-state index contributed by atoms with van der Waals surface area (Å²) in [5.74, 6) is -2.99. The lowest BCUT2D eigenvalue weighted by molar-refractivity contribution is -0.275. The van der Waals surface area contributed by atoms with E-state index in [1.54, 1.807) is 6.92 Å². The van der Waals surface area contributed by atoms with Crippen LogP contribution in [0.3, 0.4) is 0 Å². The molecule has 2 heterocycles. The zero-order valence-corrected chi connectivity index (χ0v) is 13.1. The SMILES string of the molecule is CC(C)(O)C1C(=O)C2C1C(O)C1OC(=O)C34OC3CC2(O)C14C. The third-order valence-electron chi connectivity index (χ3n) is 7.36. The van der Waals surface area contributed by atoms with Crippen LogP contribution in [0.15, 0.2) is 0 Å². The molecular formula is C16H20O7. The third kappa shape index (κ3) is 1.10. The topological polar surface area (TPSA) is 117 Å². The number of esters is 1. The molecular weight excluding hydrogens is 304 g/mol. The maximum Gasteiger partial charge on any atom is 0.342 e. The molecule has 2 aliphatic heterocycles. The molecule has 5 fully saturated rings. The number of aliphatic hydroxyl groups is 3. The van der Waals surface area contributed by atoms with Crippen LogP contribution in [-0.4, -0.2) is 62.2 Å². The van der Waals surface area contributed by atoms with Crippen molar-refractivity contribution in [3.63, 3.8) is 0 Å². The van der Waals surface area contributed by atoms with Gasteiger partial charge in [-0.05, 0) is 20.8 Å². The van der Waals surface area contributed by atoms with E-state index in [-0.39, 0.29) is 12.2 Å². The number of hydrogen-bond acceptors (Lipinski definition) is 7. The lowest BCUT2D eigenvalue weighted by Crippen LogP contribution is -2.78. The Morgan fingerprint density at radius 2 is 1.96 bits per heavy atom. The van der Waals surface area contributed by atoms with Crippen molar-refractivity contribution in [3.8, 4) is 0 Å². The van der Waals surface area contributed by atoms with Crippen molar-refractivity contribution in [3.05, 3.63) is 0 Å². The van der Waals surface area contributed by atoms with Gasteiger partial charge >= 0.3 is 5.97 Å². The van der Waals surface area contributed by atoms with Crippen molar-refractivity contribution in [1.82, 2.24) is 0 Å². The fourth-order valence-electron chi connectivity index (χ4n) is 6.30. The van der Waals surface area contributed by atoms with Crippen LogP contribution < -0.4 is 0 Å². The minimum atomic E-state index is -1.45. The summed E-state index contributed by atoms with van der Waals surface area (Å²) in [4.78, 5) is 25.1. The molecule has 1 spiro atoms. The molecule has 0 bridgehead atoms. The molecule has 3 aliphatic carbocycles. The van der Waals surface area contributed by atoms with E-state index >= 15 is 0 Å². The molecule has 23 heavy (non-hydrogen) atoms. The Balaban J connectivity index is 1.67. The van der Waals surface area contributed by atoms with Gasteiger partial charge in [0, 0.05) is 12.3 Å². The lowest BCUT2D eigenvalue weighted by Gasteiger charge is -2.63. The largest absolute Gasteiger partial charge is 0.457 e. The van der Waals surface area contributed by atoms with Crippen LogP contribution in [0.1, 0.15) is 27.2 Å². The zero-order chi connectivity index (χ0) is 16.7. The first kappa shape index (κ1) is 14.3. The number of ether oxygens (including phenoxy) is 2. The summed E-state index contributed by atoms with van der Waals surface area (Å²) in [6.45, 7) is 4.72. The number of Topliss-reactive ketones (excluding diaryl/α,β-unsaturated/α-hetero) is 1. The van der Waals surface area contributed by atoms with Gasteiger partial charge in [0.25, 0.3) is 0 Å². The predicted octanol–water partition coefficient (Wildman–Crippen LogP) is -1.23. The fraction of sp³-hybridized carbons (Fsp3) is 0.875. The number of rotatable bonds is 1. The number of epoxide rings is 1. The van der Waals surface area contributed by atoms with Crippen LogP contribution in [0, 0.1) is 23.2 Å². The van der Waals surface area contributed by atoms with E-state index in [0.717, 1.165) is 0 Å². The van der Waals surface area contributed by atoms with Gasteiger partial charge in [-0.3, -0.25) is 4.79 Å². The Morgan fingerprint density at radius 3 is 2.57 bits per heavy atom. The van der Waals surface area contributed by atoms with Crippen molar-refractivity contribution < 1.29 is 34.4 Å². The van der Waals surface area contributed by atoms with Crippen molar-refractivity contribution in [2.24, 2.45) is 23.2 Å². The Kier molecular flexibility index (Phi) is 2.09. The molecule has 3 saturated carbocycles. The monoisotopic (exact) mass is 324 g/mol. The molecule has 7 heteroatoms. The highest BCUT2D eigenvalue weighted by atomic mass is 16.7. The fourth-order valence-corrected chi connectivity index (χ4v) is 6.30. The molecule has 0 amide bonds. The van der Waals surface area contributed by atoms with E-state index < -0.39 is 64.3 Å². The Labute approximate surface area is 132 Å². The van der Waals surface area contributed by atoms with Gasteiger partial charge < -0.3 is 24.8 Å². The quantitative estimate of drug-likeness (QED) is 0.408. The van der Waals surface area contributed by atoms with E-state index in [2.05, 4.69) is 0 Å². The minimum Gasteiger partial charge on any atom is -0.457 e. The van der Waals surface area contributed by atoms with Gasteiger partial charge in [-0.1, -0.05) is 0 Å². The van der Waals surface area contributed by atoms with Crippen molar-refractivity contribution in [1.29, 1.82) is 0 Å². The van der Waals surface area contributed by atoms with Crippen molar-refractivity contribution in [2.75, 3.05) is 0 Å². The molecule has 0 aromatic rings. The molecule has 9 atom stereocenters. The lowest BCUT2D eigenvalue weighted by atomic mass is 9.42. The maximum atomic E-state index is 12.7. The first-order chi connectivity index (χ1) is 10.5. The van der Waals surface area contributed by atoms with E-state index in [4.69, 9.17) is 9.47 Å². The molecule has 0 radical (unpaired) electrons. The first-order valence-corrected chi connectivity index (χ1v) is 8.07. The van der Waals surface area contributed by atoms with Crippen molar-refractivity contribution >= 4 is 11.8 Å². The predicted molar refractivity (Wildman–Crippen MR) is 72.9 cm³/mol. The summed E-state index contributed by atoms with van der Waals surface area (Å²) in [6.07, 6.45) is -2.31. The highest BCUT2D eigenvalue weighted by Gasteiger charge is 2.95. The summed E-state index contributed by atoms with van der Waals surface area (Å²) >= 11 is 0. The van der Waals surface area contributed by atoms with Gasteiger partial charge in [0.15, 0.2) is 0 Å². The van der Waals surface area contributed by atoms with Gasteiger partial charge in [-0.25, -0.2) is 4.79 Å². The van der Waals surface area contributed by atoms with E-state index in [1.807, 2.05) is 0 Å². The molecule has 0 aromatic carbocycles. The second-order valence-corrected chi connectivity index (χ2v) is 8.58. The number of hydrogen-bond donors (Lipinski definition) is 3. The average Bonchev–Trinajstić information content (AvgIpc) is 3.00. The standard InChI is InChI=1S/C16H20O7/c1-13(2,20)7-6-8(10(7)18)15(21)4-5-16(23-5)12(19)22-11(9(6)17)14(15,16)3/h5-9,11,17,20-21H,4H2,1-3H3. The van der Waals surface area contributed by atoms with E-state index in [1.165, 1.54) is 13.8 Å². The summed E-state index contributed by atoms with van der Waals surface area (Å²) in [6, 6.07) is 0. The number of carbonyl (C=O) groups excluding carboxylic acids is 2. The van der Waals surface area contributed by atoms with E-state index in [0.29, 0.717) is 0 Å².